The van der Waals surface area contributed by atoms with Gasteiger partial charge in [-0.2, -0.15) is 0 Å². The third-order valence-corrected chi connectivity index (χ3v) is 4.92. The van der Waals surface area contributed by atoms with Crippen molar-refractivity contribution in [3.05, 3.63) is 22.7 Å². The number of hydrogen-bond acceptors (Lipinski definition) is 3. The normalized spacial score (nSPS) is 11.6. The summed E-state index contributed by atoms with van der Waals surface area (Å²) in [5.41, 5.74) is 6.03. The molecule has 17 heavy (non-hydrogen) atoms. The van der Waals surface area contributed by atoms with Crippen molar-refractivity contribution in [2.24, 2.45) is 0 Å². The molecule has 2 N–H and O–H groups in total. The van der Waals surface area contributed by atoms with E-state index in [0.29, 0.717) is 12.1 Å². The third kappa shape index (κ3) is 4.32. The molecule has 0 aromatic heterocycles. The van der Waals surface area contributed by atoms with Crippen LogP contribution in [0, 0.1) is 0 Å². The van der Waals surface area contributed by atoms with E-state index in [2.05, 4.69) is 22.9 Å². The Hall–Kier alpha value is -0.550. The fourth-order valence-electron chi connectivity index (χ4n) is 1.61. The van der Waals surface area contributed by atoms with Gasteiger partial charge in [0.25, 0.3) is 0 Å². The second kappa shape index (κ2) is 6.40. The Morgan fingerprint density at radius 3 is 2.59 bits per heavy atom. The van der Waals surface area contributed by atoms with Gasteiger partial charge < -0.3 is 5.73 Å². The molecule has 1 rings (SSSR count). The van der Waals surface area contributed by atoms with Crippen LogP contribution < -0.4 is 5.73 Å². The van der Waals surface area contributed by atoms with E-state index in [1.807, 2.05) is 0 Å². The lowest BCUT2D eigenvalue weighted by molar-refractivity contribution is 0.589. The lowest BCUT2D eigenvalue weighted by Crippen LogP contribution is -2.09. The van der Waals surface area contributed by atoms with Crippen molar-refractivity contribution >= 4 is 31.5 Å². The second-order valence-electron chi connectivity index (χ2n) is 4.06. The predicted octanol–water partition coefficient (Wildman–Crippen LogP) is 3.39. The predicted molar refractivity (Wildman–Crippen MR) is 74.7 cm³/mol. The first-order chi connectivity index (χ1) is 7.97. The van der Waals surface area contributed by atoms with Crippen molar-refractivity contribution in [1.82, 2.24) is 0 Å². The lowest BCUT2D eigenvalue weighted by atomic mass is 10.2. The van der Waals surface area contributed by atoms with Crippen LogP contribution in [-0.4, -0.2) is 14.2 Å². The smallest absolute Gasteiger partial charge is 0.180 e. The van der Waals surface area contributed by atoms with Crippen LogP contribution in [0.2, 0.25) is 0 Å². The minimum absolute atomic E-state index is 0.174. The second-order valence-corrected chi connectivity index (χ2v) is 7.05. The highest BCUT2D eigenvalue weighted by atomic mass is 79.9. The fourth-order valence-corrected chi connectivity index (χ4v) is 3.66. The van der Waals surface area contributed by atoms with Crippen LogP contribution in [0.1, 0.15) is 32.6 Å². The van der Waals surface area contributed by atoms with Gasteiger partial charge in [0.2, 0.25) is 0 Å². The Morgan fingerprint density at radius 2 is 1.94 bits per heavy atom. The SMILES string of the molecule is CCCCCCS(=O)(=O)c1cc(Br)ccc1N. The first-order valence-corrected chi connectivity index (χ1v) is 8.19. The number of hydrogen-bond donors (Lipinski definition) is 1. The molecular weight excluding hydrogens is 302 g/mol. The van der Waals surface area contributed by atoms with E-state index in [-0.39, 0.29) is 10.6 Å². The number of nitrogens with two attached hydrogens (primary N) is 1. The van der Waals surface area contributed by atoms with E-state index in [4.69, 9.17) is 5.73 Å². The summed E-state index contributed by atoms with van der Waals surface area (Å²) in [6.45, 7) is 2.10. The first kappa shape index (κ1) is 14.5. The zero-order valence-electron chi connectivity index (χ0n) is 9.95. The van der Waals surface area contributed by atoms with Crippen molar-refractivity contribution in [2.45, 2.75) is 37.5 Å². The van der Waals surface area contributed by atoms with Crippen molar-refractivity contribution in [3.8, 4) is 0 Å². The van der Waals surface area contributed by atoms with Crippen LogP contribution in [0.4, 0.5) is 5.69 Å². The minimum Gasteiger partial charge on any atom is -0.398 e. The van der Waals surface area contributed by atoms with Crippen LogP contribution in [0.25, 0.3) is 0 Å². The summed E-state index contributed by atoms with van der Waals surface area (Å²) < 4.78 is 24.9. The van der Waals surface area contributed by atoms with E-state index in [9.17, 15) is 8.42 Å². The molecule has 0 unspecified atom stereocenters. The molecule has 0 radical (unpaired) electrons. The summed E-state index contributed by atoms with van der Waals surface area (Å²) in [6, 6.07) is 4.93. The average Bonchev–Trinajstić information content (AvgIpc) is 2.28. The van der Waals surface area contributed by atoms with Gasteiger partial charge in [0.05, 0.1) is 16.3 Å². The molecule has 0 fully saturated rings. The molecule has 0 bridgehead atoms. The highest BCUT2D eigenvalue weighted by Gasteiger charge is 2.17. The maximum atomic E-state index is 12.1. The molecule has 1 aromatic carbocycles. The van der Waals surface area contributed by atoms with Crippen LogP contribution >= 0.6 is 15.9 Å². The van der Waals surface area contributed by atoms with Crippen molar-refractivity contribution < 1.29 is 8.42 Å². The molecule has 0 aliphatic heterocycles. The molecule has 0 aliphatic carbocycles. The zero-order valence-corrected chi connectivity index (χ0v) is 12.4. The molecule has 1 aromatic rings. The summed E-state index contributed by atoms with van der Waals surface area (Å²) in [5.74, 6) is 0.174. The van der Waals surface area contributed by atoms with Crippen LogP contribution in [0.15, 0.2) is 27.6 Å². The number of benzene rings is 1. The molecule has 3 nitrogen and oxygen atoms in total. The van der Waals surface area contributed by atoms with Crippen LogP contribution in [0.3, 0.4) is 0 Å². The summed E-state index contributed by atoms with van der Waals surface area (Å²) in [7, 11) is -3.25. The Labute approximate surface area is 111 Å². The van der Waals surface area contributed by atoms with Gasteiger partial charge in [-0.3, -0.25) is 0 Å². The van der Waals surface area contributed by atoms with Gasteiger partial charge in [-0.15, -0.1) is 0 Å². The van der Waals surface area contributed by atoms with E-state index in [0.717, 1.165) is 23.7 Å². The Bertz CT molecular complexity index is 471. The van der Waals surface area contributed by atoms with Gasteiger partial charge in [-0.25, -0.2) is 8.42 Å². The highest BCUT2D eigenvalue weighted by molar-refractivity contribution is 9.10. The average molecular weight is 320 g/mol. The maximum Gasteiger partial charge on any atom is 0.180 e. The number of rotatable bonds is 6. The van der Waals surface area contributed by atoms with Gasteiger partial charge >= 0.3 is 0 Å². The standard InChI is InChI=1S/C12H18BrNO2S/c1-2-3-4-5-8-17(15,16)12-9-10(13)6-7-11(12)14/h6-7,9H,2-5,8,14H2,1H3. The van der Waals surface area contributed by atoms with Gasteiger partial charge in [-0.1, -0.05) is 42.1 Å². The number of halogens is 1. The fraction of sp³-hybridized carbons (Fsp3) is 0.500. The Kier molecular flexibility index (Phi) is 5.46. The van der Waals surface area contributed by atoms with Crippen LogP contribution in [-0.2, 0) is 9.84 Å². The van der Waals surface area contributed by atoms with E-state index < -0.39 is 9.84 Å². The quantitative estimate of drug-likeness (QED) is 0.645. The monoisotopic (exact) mass is 319 g/mol. The third-order valence-electron chi connectivity index (χ3n) is 2.58. The van der Waals surface area contributed by atoms with Crippen molar-refractivity contribution in [3.63, 3.8) is 0 Å². The molecule has 0 heterocycles. The molecule has 0 amide bonds. The topological polar surface area (TPSA) is 60.2 Å². The first-order valence-electron chi connectivity index (χ1n) is 5.75. The number of sulfone groups is 1. The van der Waals surface area contributed by atoms with E-state index in [1.54, 1.807) is 18.2 Å². The molecule has 0 saturated carbocycles. The Balaban J connectivity index is 2.79. The molecule has 0 saturated heterocycles. The summed E-state index contributed by atoms with van der Waals surface area (Å²) in [4.78, 5) is 0.239. The molecular formula is C12H18BrNO2S. The zero-order chi connectivity index (χ0) is 12.9. The molecule has 5 heteroatoms. The lowest BCUT2D eigenvalue weighted by Gasteiger charge is -2.07. The largest absolute Gasteiger partial charge is 0.398 e. The summed E-state index contributed by atoms with van der Waals surface area (Å²) in [5, 5.41) is 0. The van der Waals surface area contributed by atoms with Gasteiger partial charge in [0, 0.05) is 4.47 Å². The molecule has 0 spiro atoms. The molecule has 0 aliphatic rings. The number of nitrogen functional groups attached to an aromatic ring is 1. The van der Waals surface area contributed by atoms with Gasteiger partial charge in [-0.05, 0) is 24.6 Å². The van der Waals surface area contributed by atoms with Crippen molar-refractivity contribution in [2.75, 3.05) is 11.5 Å². The van der Waals surface area contributed by atoms with E-state index >= 15 is 0 Å². The van der Waals surface area contributed by atoms with Gasteiger partial charge in [0.15, 0.2) is 9.84 Å². The van der Waals surface area contributed by atoms with Crippen molar-refractivity contribution in [1.29, 1.82) is 0 Å². The molecule has 0 atom stereocenters. The van der Waals surface area contributed by atoms with E-state index in [1.165, 1.54) is 0 Å². The number of unbranched alkanes of at least 4 members (excludes halogenated alkanes) is 3. The minimum atomic E-state index is -3.25. The summed E-state index contributed by atoms with van der Waals surface area (Å²) in [6.07, 6.45) is 3.81. The number of anilines is 1. The molecule has 96 valence electrons. The highest BCUT2D eigenvalue weighted by Crippen LogP contribution is 2.24. The summed E-state index contributed by atoms with van der Waals surface area (Å²) >= 11 is 3.26. The van der Waals surface area contributed by atoms with Crippen LogP contribution in [0.5, 0.6) is 0 Å². The Morgan fingerprint density at radius 1 is 1.24 bits per heavy atom. The maximum absolute atomic E-state index is 12.1. The van der Waals surface area contributed by atoms with Gasteiger partial charge in [0.1, 0.15) is 0 Å².